The van der Waals surface area contributed by atoms with E-state index in [-0.39, 0.29) is 17.0 Å². The Morgan fingerprint density at radius 2 is 1.90 bits per heavy atom. The molecular weight excluding hydrogens is 375 g/mol. The van der Waals surface area contributed by atoms with Gasteiger partial charge in [0.1, 0.15) is 11.4 Å². The van der Waals surface area contributed by atoms with Crippen molar-refractivity contribution in [2.24, 2.45) is 0 Å². The number of aromatic amines is 1. The molecule has 0 bridgehead atoms. The van der Waals surface area contributed by atoms with E-state index in [1.54, 1.807) is 6.07 Å². The molecule has 160 valence electrons. The highest BCUT2D eigenvalue weighted by molar-refractivity contribution is 5.85. The molecule has 0 atom stereocenters. The molecule has 1 saturated carbocycles. The van der Waals surface area contributed by atoms with Crippen LogP contribution in [-0.2, 0) is 16.8 Å². The Bertz CT molecular complexity index is 1020. The molecule has 2 aromatic rings. The van der Waals surface area contributed by atoms with Gasteiger partial charge in [0.25, 0.3) is 0 Å². The Balaban J connectivity index is 1.68. The fraction of sp³-hybridized carbons (Fsp3) is 0.462. The second kappa shape index (κ2) is 7.82. The number of rotatable bonds is 4. The van der Waals surface area contributed by atoms with E-state index in [0.717, 1.165) is 43.0 Å². The maximum absolute atomic E-state index is 13.9. The van der Waals surface area contributed by atoms with Gasteiger partial charge in [0.05, 0.1) is 12.3 Å². The quantitative estimate of drug-likeness (QED) is 0.626. The van der Waals surface area contributed by atoms with Crippen molar-refractivity contribution in [1.82, 2.24) is 9.88 Å². The minimum absolute atomic E-state index is 0.0162. The summed E-state index contributed by atoms with van der Waals surface area (Å²) >= 11 is 0. The number of nitrogens with zero attached hydrogens (tertiary/aromatic N) is 1. The Labute approximate surface area is 179 Å². The molecule has 1 aromatic carbocycles. The summed E-state index contributed by atoms with van der Waals surface area (Å²) < 4.78 is 20.4. The molecule has 0 unspecified atom stereocenters. The number of aromatic nitrogens is 1. The van der Waals surface area contributed by atoms with Crippen LogP contribution >= 0.6 is 0 Å². The van der Waals surface area contributed by atoms with Crippen molar-refractivity contribution in [3.8, 4) is 0 Å². The van der Waals surface area contributed by atoms with Gasteiger partial charge in [0.15, 0.2) is 0 Å². The van der Waals surface area contributed by atoms with Crippen LogP contribution in [0.3, 0.4) is 0 Å². The molecule has 2 aliphatic rings. The summed E-state index contributed by atoms with van der Waals surface area (Å²) in [7, 11) is 4.36. The van der Waals surface area contributed by atoms with Crippen molar-refractivity contribution in [1.29, 1.82) is 0 Å². The van der Waals surface area contributed by atoms with Gasteiger partial charge in [0, 0.05) is 16.4 Å². The van der Waals surface area contributed by atoms with Crippen molar-refractivity contribution in [2.75, 3.05) is 20.7 Å². The third-order valence-corrected chi connectivity index (χ3v) is 7.45. The highest BCUT2D eigenvalue weighted by Gasteiger charge is 2.49. The van der Waals surface area contributed by atoms with Crippen LogP contribution in [0.4, 0.5) is 4.39 Å². The summed E-state index contributed by atoms with van der Waals surface area (Å²) in [5.74, 6) is -0.177. The van der Waals surface area contributed by atoms with Crippen LogP contribution in [0.2, 0.25) is 0 Å². The summed E-state index contributed by atoms with van der Waals surface area (Å²) in [5.41, 5.74) is 5.68. The van der Waals surface area contributed by atoms with Crippen molar-refractivity contribution in [2.45, 2.75) is 57.1 Å². The van der Waals surface area contributed by atoms with Crippen LogP contribution in [0, 0.1) is 5.82 Å². The summed E-state index contributed by atoms with van der Waals surface area (Å²) in [6, 6.07) is 5.05. The first-order valence-electron chi connectivity index (χ1n) is 10.9. The first kappa shape index (κ1) is 21.1. The standard InChI is InChI=1S/C26H33FN2O/c1-6-18(2)7-8-19(3)25(29(4)5)12-14-26(15-13-25)24-21(11-16-30-26)22-17-20(27)9-10-23(22)28-24/h6-10,17,28H,1,11-16H2,2-5H3/b18-7-,19-8+/t25-,26-. The smallest absolute Gasteiger partial charge is 0.123 e. The Kier molecular flexibility index (Phi) is 5.50. The fourth-order valence-electron chi connectivity index (χ4n) is 5.42. The predicted octanol–water partition coefficient (Wildman–Crippen LogP) is 6.03. The average Bonchev–Trinajstić information content (AvgIpc) is 3.11. The molecule has 1 aliphatic carbocycles. The monoisotopic (exact) mass is 408 g/mol. The number of H-pyrrole nitrogens is 1. The van der Waals surface area contributed by atoms with E-state index < -0.39 is 0 Å². The van der Waals surface area contributed by atoms with Crippen molar-refractivity contribution in [3.63, 3.8) is 0 Å². The summed E-state index contributed by atoms with van der Waals surface area (Å²) in [6.07, 6.45) is 11.1. The Morgan fingerprint density at radius 3 is 2.57 bits per heavy atom. The van der Waals surface area contributed by atoms with Crippen molar-refractivity contribution in [3.05, 3.63) is 71.2 Å². The SMILES string of the molecule is C=C/C(C)=C\C=C(/C)[C@]1(N(C)C)CC[C@@]2(CC1)OCCc1c3cc(F)ccc3[nH]c12. The first-order chi connectivity index (χ1) is 14.3. The van der Waals surface area contributed by atoms with Gasteiger partial charge in [-0.1, -0.05) is 36.0 Å². The van der Waals surface area contributed by atoms with Crippen LogP contribution in [-0.4, -0.2) is 36.1 Å². The third kappa shape index (κ3) is 3.36. The zero-order valence-electron chi connectivity index (χ0n) is 18.6. The van der Waals surface area contributed by atoms with Gasteiger partial charge >= 0.3 is 0 Å². The molecule has 0 saturated heterocycles. The van der Waals surface area contributed by atoms with Gasteiger partial charge < -0.3 is 9.72 Å². The summed E-state index contributed by atoms with van der Waals surface area (Å²) in [4.78, 5) is 5.96. The number of fused-ring (bicyclic) bond motifs is 4. The highest BCUT2D eigenvalue weighted by Crippen LogP contribution is 2.51. The molecule has 30 heavy (non-hydrogen) atoms. The van der Waals surface area contributed by atoms with Crippen molar-refractivity contribution < 1.29 is 9.13 Å². The van der Waals surface area contributed by atoms with Crippen molar-refractivity contribution >= 4 is 10.9 Å². The minimum Gasteiger partial charge on any atom is -0.368 e. The second-order valence-electron chi connectivity index (χ2n) is 9.15. The molecule has 4 heteroatoms. The van der Waals surface area contributed by atoms with Gasteiger partial charge in [-0.3, -0.25) is 4.90 Å². The fourth-order valence-corrected chi connectivity index (χ4v) is 5.42. The van der Waals surface area contributed by atoms with Crippen LogP contribution in [0.15, 0.2) is 54.2 Å². The van der Waals surface area contributed by atoms with Crippen LogP contribution in [0.25, 0.3) is 10.9 Å². The van der Waals surface area contributed by atoms with Gasteiger partial charge in [-0.25, -0.2) is 4.39 Å². The lowest BCUT2D eigenvalue weighted by atomic mass is 9.68. The number of nitrogens with one attached hydrogen (secondary N) is 1. The predicted molar refractivity (Wildman–Crippen MR) is 122 cm³/mol. The Morgan fingerprint density at radius 1 is 1.17 bits per heavy atom. The third-order valence-electron chi connectivity index (χ3n) is 7.45. The summed E-state index contributed by atoms with van der Waals surface area (Å²) in [5, 5.41) is 1.01. The number of hydrogen-bond acceptors (Lipinski definition) is 2. The average molecular weight is 409 g/mol. The number of likely N-dealkylation sites (N-methyl/N-ethyl adjacent to an activating group) is 1. The molecule has 1 aliphatic heterocycles. The second-order valence-corrected chi connectivity index (χ2v) is 9.15. The van der Waals surface area contributed by atoms with Crippen LogP contribution in [0.5, 0.6) is 0 Å². The number of benzene rings is 1. The number of hydrogen-bond donors (Lipinski definition) is 1. The topological polar surface area (TPSA) is 28.3 Å². The zero-order chi connectivity index (χ0) is 21.5. The highest BCUT2D eigenvalue weighted by atomic mass is 19.1. The minimum atomic E-state index is -0.296. The lowest BCUT2D eigenvalue weighted by Crippen LogP contribution is -2.52. The molecule has 1 aromatic heterocycles. The number of ether oxygens (including phenoxy) is 1. The van der Waals surface area contributed by atoms with Gasteiger partial charge in [-0.05, 0) is 83.8 Å². The normalized spacial score (nSPS) is 27.7. The maximum atomic E-state index is 13.9. The van der Waals surface area contributed by atoms with E-state index >= 15 is 0 Å². The molecule has 1 spiro atoms. The molecule has 2 heterocycles. The van der Waals surface area contributed by atoms with Crippen LogP contribution in [0.1, 0.15) is 50.8 Å². The molecule has 0 radical (unpaired) electrons. The lowest BCUT2D eigenvalue weighted by molar-refractivity contribution is -0.106. The molecule has 1 N–H and O–H groups in total. The number of halogens is 1. The maximum Gasteiger partial charge on any atom is 0.123 e. The van der Waals surface area contributed by atoms with Gasteiger partial charge in [0.2, 0.25) is 0 Å². The van der Waals surface area contributed by atoms with Gasteiger partial charge in [-0.15, -0.1) is 0 Å². The van der Waals surface area contributed by atoms with E-state index in [1.807, 2.05) is 12.1 Å². The van der Waals surface area contributed by atoms with E-state index in [1.165, 1.54) is 28.5 Å². The first-order valence-corrected chi connectivity index (χ1v) is 10.9. The lowest BCUT2D eigenvalue weighted by Gasteiger charge is -2.51. The van der Waals surface area contributed by atoms with E-state index in [0.29, 0.717) is 6.61 Å². The Hall–Kier alpha value is -2.17. The van der Waals surface area contributed by atoms with Crippen LogP contribution < -0.4 is 0 Å². The molecule has 1 fully saturated rings. The molecule has 0 amide bonds. The summed E-state index contributed by atoms with van der Waals surface area (Å²) in [6.45, 7) is 8.86. The zero-order valence-corrected chi connectivity index (χ0v) is 18.6. The van der Waals surface area contributed by atoms with Gasteiger partial charge in [-0.2, -0.15) is 0 Å². The molecule has 3 nitrogen and oxygen atoms in total. The largest absolute Gasteiger partial charge is 0.368 e. The van der Waals surface area contributed by atoms with E-state index in [9.17, 15) is 4.39 Å². The molecular formula is C26H33FN2O. The molecule has 4 rings (SSSR count). The van der Waals surface area contributed by atoms with E-state index in [4.69, 9.17) is 4.74 Å². The number of allylic oxidation sites excluding steroid dienone is 4. The van der Waals surface area contributed by atoms with E-state index in [2.05, 4.69) is 56.6 Å².